The van der Waals surface area contributed by atoms with Crippen LogP contribution in [-0.4, -0.2) is 46.7 Å². The van der Waals surface area contributed by atoms with Crippen LogP contribution < -0.4 is 10.5 Å². The first-order chi connectivity index (χ1) is 12.9. The van der Waals surface area contributed by atoms with Gasteiger partial charge in [-0.05, 0) is 43.4 Å². The van der Waals surface area contributed by atoms with Gasteiger partial charge < -0.3 is 4.90 Å². The van der Waals surface area contributed by atoms with Gasteiger partial charge in [-0.3, -0.25) is 14.3 Å². The van der Waals surface area contributed by atoms with E-state index >= 15 is 0 Å². The summed E-state index contributed by atoms with van der Waals surface area (Å²) < 4.78 is 15.7. The molecule has 2 fully saturated rings. The third-order valence-electron chi connectivity index (χ3n) is 5.83. The van der Waals surface area contributed by atoms with E-state index in [9.17, 15) is 9.18 Å². The molecule has 2 aliphatic heterocycles. The number of nitrogens with zero attached hydrogens (tertiary/aromatic N) is 4. The van der Waals surface area contributed by atoms with Crippen molar-refractivity contribution < 1.29 is 4.39 Å². The Kier molecular flexibility index (Phi) is 3.58. The van der Waals surface area contributed by atoms with Gasteiger partial charge in [-0.15, -0.1) is 0 Å². The topological polar surface area (TPSA) is 41.4 Å². The van der Waals surface area contributed by atoms with Crippen LogP contribution in [0, 0.1) is 5.82 Å². The van der Waals surface area contributed by atoms with E-state index in [0.29, 0.717) is 28.0 Å². The summed E-state index contributed by atoms with van der Waals surface area (Å²) in [7, 11) is 3.74. The van der Waals surface area contributed by atoms with Crippen molar-refractivity contribution in [1.82, 2.24) is 14.5 Å². The molecule has 0 saturated carbocycles. The summed E-state index contributed by atoms with van der Waals surface area (Å²) in [5, 5.41) is 0.936. The number of anilines is 1. The van der Waals surface area contributed by atoms with Gasteiger partial charge in [0, 0.05) is 36.9 Å². The second-order valence-electron chi connectivity index (χ2n) is 7.35. The molecule has 1 unspecified atom stereocenters. The van der Waals surface area contributed by atoms with Crippen LogP contribution >= 0.6 is 11.6 Å². The van der Waals surface area contributed by atoms with Crippen molar-refractivity contribution >= 4 is 28.2 Å². The van der Waals surface area contributed by atoms with Gasteiger partial charge in [-0.2, -0.15) is 0 Å². The summed E-state index contributed by atoms with van der Waals surface area (Å²) in [5.74, 6) is -0.191. The number of fused-ring (bicyclic) bond motifs is 2. The fourth-order valence-electron chi connectivity index (χ4n) is 4.12. The molecular formula is C20H18ClFN4O. The van der Waals surface area contributed by atoms with Crippen LogP contribution in [0.5, 0.6) is 0 Å². The lowest BCUT2D eigenvalue weighted by atomic mass is 9.85. The molecule has 2 atom stereocenters. The average molecular weight is 385 g/mol. The summed E-state index contributed by atoms with van der Waals surface area (Å²) >= 11 is 6.01. The fourth-order valence-corrected chi connectivity index (χ4v) is 4.29. The molecule has 3 aromatic rings. The zero-order chi connectivity index (χ0) is 18.9. The highest BCUT2D eigenvalue weighted by atomic mass is 35.5. The summed E-state index contributed by atoms with van der Waals surface area (Å²) in [4.78, 5) is 22.2. The Morgan fingerprint density at radius 3 is 2.63 bits per heavy atom. The number of hydrogen-bond acceptors (Lipinski definition) is 4. The van der Waals surface area contributed by atoms with Gasteiger partial charge in [0.05, 0.1) is 22.5 Å². The Hall–Kier alpha value is -2.44. The molecule has 2 saturated heterocycles. The van der Waals surface area contributed by atoms with Gasteiger partial charge in [-0.1, -0.05) is 11.6 Å². The van der Waals surface area contributed by atoms with Gasteiger partial charge in [0.15, 0.2) is 0 Å². The number of likely N-dealkylation sites (tertiary alicyclic amines) is 1. The second-order valence-corrected chi connectivity index (χ2v) is 7.79. The molecule has 7 heteroatoms. The Morgan fingerprint density at radius 1 is 1.11 bits per heavy atom. The minimum Gasteiger partial charge on any atom is -0.364 e. The van der Waals surface area contributed by atoms with Crippen LogP contribution in [0.4, 0.5) is 10.1 Å². The molecule has 1 aromatic heterocycles. The molecule has 0 N–H and O–H groups in total. The normalized spacial score (nSPS) is 21.7. The van der Waals surface area contributed by atoms with E-state index < -0.39 is 5.82 Å². The van der Waals surface area contributed by atoms with Gasteiger partial charge in [0.25, 0.3) is 5.56 Å². The average Bonchev–Trinajstić information content (AvgIpc) is 2.65. The first kappa shape index (κ1) is 16.7. The quantitative estimate of drug-likeness (QED) is 0.681. The summed E-state index contributed by atoms with van der Waals surface area (Å²) in [6.45, 7) is 2.03. The fraction of sp³-hybridized carbons (Fsp3) is 0.300. The lowest BCUT2D eigenvalue weighted by Gasteiger charge is -2.62. The Labute approximate surface area is 160 Å². The number of aromatic nitrogens is 2. The van der Waals surface area contributed by atoms with Crippen molar-refractivity contribution in [3.63, 3.8) is 0 Å². The predicted molar refractivity (Wildman–Crippen MR) is 105 cm³/mol. The highest BCUT2D eigenvalue weighted by Crippen LogP contribution is 2.37. The SMILES string of the molecule is CN1C[C@@H]2C1CN2c1ccc2nc(-c3cc(Cl)ccc3F)n(C)c(=O)c2c1. The van der Waals surface area contributed by atoms with E-state index in [1.54, 1.807) is 7.05 Å². The molecule has 0 amide bonds. The number of halogens is 2. The maximum atomic E-state index is 14.3. The van der Waals surface area contributed by atoms with Crippen LogP contribution in [0.1, 0.15) is 0 Å². The van der Waals surface area contributed by atoms with Crippen LogP contribution in [0.2, 0.25) is 5.02 Å². The van der Waals surface area contributed by atoms with Crippen LogP contribution in [0.15, 0.2) is 41.2 Å². The van der Waals surface area contributed by atoms with E-state index in [-0.39, 0.29) is 16.9 Å². The summed E-state index contributed by atoms with van der Waals surface area (Å²) in [5.41, 5.74) is 1.62. The zero-order valence-electron chi connectivity index (χ0n) is 15.0. The molecule has 27 heavy (non-hydrogen) atoms. The molecule has 2 aliphatic rings. The maximum absolute atomic E-state index is 14.3. The van der Waals surface area contributed by atoms with E-state index in [2.05, 4.69) is 21.8 Å². The van der Waals surface area contributed by atoms with Crippen molar-refractivity contribution in [2.75, 3.05) is 25.0 Å². The van der Waals surface area contributed by atoms with Gasteiger partial charge in [0.1, 0.15) is 11.6 Å². The number of likely N-dealkylation sites (N-methyl/N-ethyl adjacent to an activating group) is 1. The Bertz CT molecular complexity index is 1140. The van der Waals surface area contributed by atoms with Gasteiger partial charge in [-0.25, -0.2) is 9.37 Å². The van der Waals surface area contributed by atoms with E-state index in [0.717, 1.165) is 18.8 Å². The minimum atomic E-state index is -0.460. The third kappa shape index (κ3) is 2.40. The van der Waals surface area contributed by atoms with E-state index in [1.165, 1.54) is 22.8 Å². The molecule has 0 bridgehead atoms. The first-order valence-corrected chi connectivity index (χ1v) is 9.25. The summed E-state index contributed by atoms with van der Waals surface area (Å²) in [6.07, 6.45) is 0. The molecule has 0 radical (unpaired) electrons. The monoisotopic (exact) mass is 384 g/mol. The van der Waals surface area contributed by atoms with E-state index in [4.69, 9.17) is 11.6 Å². The zero-order valence-corrected chi connectivity index (χ0v) is 15.7. The van der Waals surface area contributed by atoms with Crippen molar-refractivity contribution in [3.8, 4) is 11.4 Å². The number of hydrogen-bond donors (Lipinski definition) is 0. The smallest absolute Gasteiger partial charge is 0.261 e. The largest absolute Gasteiger partial charge is 0.364 e. The third-order valence-corrected chi connectivity index (χ3v) is 6.06. The molecule has 5 nitrogen and oxygen atoms in total. The van der Waals surface area contributed by atoms with E-state index in [1.807, 2.05) is 18.2 Å². The maximum Gasteiger partial charge on any atom is 0.261 e. The predicted octanol–water partition coefficient (Wildman–Crippen LogP) is 2.90. The molecule has 5 rings (SSSR count). The first-order valence-electron chi connectivity index (χ1n) is 8.87. The van der Waals surface area contributed by atoms with Crippen molar-refractivity contribution in [2.45, 2.75) is 12.1 Å². The second kappa shape index (κ2) is 5.78. The lowest BCUT2D eigenvalue weighted by Crippen LogP contribution is -2.78. The Morgan fingerprint density at radius 2 is 1.93 bits per heavy atom. The molecule has 0 aliphatic carbocycles. The Balaban J connectivity index is 1.61. The van der Waals surface area contributed by atoms with Crippen LogP contribution in [0.25, 0.3) is 22.3 Å². The summed E-state index contributed by atoms with van der Waals surface area (Å²) in [6, 6.07) is 11.1. The van der Waals surface area contributed by atoms with Crippen molar-refractivity contribution in [1.29, 1.82) is 0 Å². The molecule has 3 heterocycles. The highest BCUT2D eigenvalue weighted by Gasteiger charge is 2.49. The highest BCUT2D eigenvalue weighted by molar-refractivity contribution is 6.30. The molecule has 2 aromatic carbocycles. The minimum absolute atomic E-state index is 0.195. The number of rotatable bonds is 2. The molecule has 0 spiro atoms. The number of piperazine rings is 1. The molecule has 138 valence electrons. The van der Waals surface area contributed by atoms with Gasteiger partial charge >= 0.3 is 0 Å². The van der Waals surface area contributed by atoms with Crippen LogP contribution in [-0.2, 0) is 7.05 Å². The van der Waals surface area contributed by atoms with Gasteiger partial charge in [0.2, 0.25) is 0 Å². The number of benzene rings is 2. The standard InChI is InChI=1S/C20H18ClFN4O/c1-24-9-18-17(24)10-26(18)12-4-6-16-14(8-12)20(27)25(2)19(23-16)13-7-11(21)3-5-15(13)22/h3-8,17-18H,9-10H2,1-2H3/t17?,18-/m1/s1. The van der Waals surface area contributed by atoms with Crippen molar-refractivity contribution in [2.24, 2.45) is 7.05 Å². The molecular weight excluding hydrogens is 367 g/mol. The van der Waals surface area contributed by atoms with Crippen LogP contribution in [0.3, 0.4) is 0 Å². The van der Waals surface area contributed by atoms with Crippen molar-refractivity contribution in [3.05, 3.63) is 57.6 Å². The lowest BCUT2D eigenvalue weighted by molar-refractivity contribution is 0.0369.